The van der Waals surface area contributed by atoms with Crippen LogP contribution in [0.1, 0.15) is 49.5 Å². The van der Waals surface area contributed by atoms with E-state index < -0.39 is 17.7 Å². The Morgan fingerprint density at radius 2 is 1.76 bits per heavy atom. The SMILES string of the molecule is COc1ccc(NC(=O)c2ccc(C(N)=O)c(CCCCN)c2)c(C(=O)Nc2ccccn2)c1. The van der Waals surface area contributed by atoms with E-state index in [2.05, 4.69) is 15.6 Å². The molecule has 0 fully saturated rings. The number of ether oxygens (including phenoxy) is 1. The monoisotopic (exact) mass is 461 g/mol. The standard InChI is InChI=1S/C25H27N5O4/c1-34-18-9-11-21(20(15-18)25(33)30-22-7-3-5-13-28-22)29-24(32)17-8-10-19(23(27)31)16(14-17)6-2-4-12-26/h3,5,7-11,13-15H,2,4,6,12,26H2,1H3,(H2,27,31)(H,29,32)(H,28,30,33). The molecule has 3 aromatic rings. The molecular weight excluding hydrogens is 434 g/mol. The normalized spacial score (nSPS) is 10.4. The Morgan fingerprint density at radius 3 is 2.44 bits per heavy atom. The maximum absolute atomic E-state index is 13.0. The van der Waals surface area contributed by atoms with Crippen LogP contribution >= 0.6 is 0 Å². The number of benzene rings is 2. The minimum absolute atomic E-state index is 0.204. The minimum atomic E-state index is -0.557. The highest BCUT2D eigenvalue weighted by molar-refractivity contribution is 6.12. The molecule has 176 valence electrons. The van der Waals surface area contributed by atoms with Crippen LogP contribution in [0.3, 0.4) is 0 Å². The summed E-state index contributed by atoms with van der Waals surface area (Å²) < 4.78 is 5.24. The Labute approximate surface area is 197 Å². The van der Waals surface area contributed by atoms with Gasteiger partial charge in [0.05, 0.1) is 18.4 Å². The van der Waals surface area contributed by atoms with Crippen molar-refractivity contribution in [2.75, 3.05) is 24.3 Å². The number of amides is 3. The molecule has 0 spiro atoms. The number of aromatic nitrogens is 1. The average molecular weight is 462 g/mol. The topological polar surface area (TPSA) is 149 Å². The number of primary amides is 1. The number of unbranched alkanes of at least 4 members (excludes halogenated alkanes) is 1. The summed E-state index contributed by atoms with van der Waals surface area (Å²) in [6.07, 6.45) is 3.68. The van der Waals surface area contributed by atoms with Crippen molar-refractivity contribution in [1.82, 2.24) is 4.98 Å². The van der Waals surface area contributed by atoms with E-state index in [9.17, 15) is 14.4 Å². The molecule has 0 aliphatic carbocycles. The third-order valence-corrected chi connectivity index (χ3v) is 5.16. The van der Waals surface area contributed by atoms with Crippen molar-refractivity contribution in [3.63, 3.8) is 0 Å². The Hall–Kier alpha value is -4.24. The molecule has 0 bridgehead atoms. The van der Waals surface area contributed by atoms with Gasteiger partial charge in [0, 0.05) is 17.3 Å². The molecule has 0 saturated heterocycles. The summed E-state index contributed by atoms with van der Waals surface area (Å²) in [6, 6.07) is 14.6. The van der Waals surface area contributed by atoms with Gasteiger partial charge >= 0.3 is 0 Å². The van der Waals surface area contributed by atoms with Crippen LogP contribution in [-0.2, 0) is 6.42 Å². The van der Waals surface area contributed by atoms with Gasteiger partial charge in [0.1, 0.15) is 11.6 Å². The molecule has 0 saturated carbocycles. The van der Waals surface area contributed by atoms with E-state index in [1.165, 1.54) is 25.3 Å². The first-order valence-electron chi connectivity index (χ1n) is 10.8. The van der Waals surface area contributed by atoms with Crippen molar-refractivity contribution in [2.45, 2.75) is 19.3 Å². The van der Waals surface area contributed by atoms with E-state index in [0.717, 1.165) is 12.8 Å². The second-order valence-electron chi connectivity index (χ2n) is 7.52. The summed E-state index contributed by atoms with van der Waals surface area (Å²) in [4.78, 5) is 41.8. The maximum atomic E-state index is 13.0. The molecule has 3 rings (SSSR count). The van der Waals surface area contributed by atoms with Gasteiger partial charge in [0.2, 0.25) is 5.91 Å². The van der Waals surface area contributed by atoms with Crippen LogP contribution in [0.5, 0.6) is 5.75 Å². The van der Waals surface area contributed by atoms with Crippen LogP contribution in [-0.4, -0.2) is 36.4 Å². The summed E-state index contributed by atoms with van der Waals surface area (Å²) in [6.45, 7) is 0.535. The third-order valence-electron chi connectivity index (χ3n) is 5.16. The molecule has 3 amide bonds. The summed E-state index contributed by atoms with van der Waals surface area (Å²) in [5.74, 6) is -0.625. The van der Waals surface area contributed by atoms with Crippen molar-refractivity contribution in [2.24, 2.45) is 11.5 Å². The fraction of sp³-hybridized carbons (Fsp3) is 0.200. The number of carbonyl (C=O) groups is 3. The maximum Gasteiger partial charge on any atom is 0.259 e. The number of nitrogens with zero attached hydrogens (tertiary/aromatic N) is 1. The average Bonchev–Trinajstić information content (AvgIpc) is 2.84. The lowest BCUT2D eigenvalue weighted by Gasteiger charge is -2.14. The summed E-state index contributed by atoms with van der Waals surface area (Å²) >= 11 is 0. The van der Waals surface area contributed by atoms with Crippen molar-refractivity contribution >= 4 is 29.2 Å². The van der Waals surface area contributed by atoms with Crippen molar-refractivity contribution in [1.29, 1.82) is 0 Å². The number of methoxy groups -OCH3 is 1. The lowest BCUT2D eigenvalue weighted by Crippen LogP contribution is -2.20. The second kappa shape index (κ2) is 11.6. The highest BCUT2D eigenvalue weighted by atomic mass is 16.5. The first kappa shape index (κ1) is 24.4. The number of aryl methyl sites for hydroxylation is 1. The van der Waals surface area contributed by atoms with Crippen LogP contribution in [0.25, 0.3) is 0 Å². The first-order valence-corrected chi connectivity index (χ1v) is 10.8. The van der Waals surface area contributed by atoms with Crippen LogP contribution in [0.15, 0.2) is 60.8 Å². The van der Waals surface area contributed by atoms with Crippen molar-refractivity contribution < 1.29 is 19.1 Å². The van der Waals surface area contributed by atoms with Crippen LogP contribution < -0.4 is 26.8 Å². The first-order chi connectivity index (χ1) is 16.4. The van der Waals surface area contributed by atoms with Gasteiger partial charge in [-0.2, -0.15) is 0 Å². The molecule has 0 radical (unpaired) electrons. The number of pyridine rings is 1. The summed E-state index contributed by atoms with van der Waals surface area (Å²) in [5, 5.41) is 5.48. The van der Waals surface area contributed by atoms with Crippen LogP contribution in [0.2, 0.25) is 0 Å². The van der Waals surface area contributed by atoms with Gasteiger partial charge in [-0.3, -0.25) is 14.4 Å². The molecular formula is C25H27N5O4. The van der Waals surface area contributed by atoms with Crippen LogP contribution in [0.4, 0.5) is 11.5 Å². The van der Waals surface area contributed by atoms with Gasteiger partial charge in [-0.1, -0.05) is 6.07 Å². The molecule has 0 aliphatic heterocycles. The van der Waals surface area contributed by atoms with Gasteiger partial charge < -0.3 is 26.8 Å². The molecule has 0 atom stereocenters. The molecule has 0 unspecified atom stereocenters. The van der Waals surface area contributed by atoms with Gasteiger partial charge in [-0.25, -0.2) is 4.98 Å². The zero-order valence-corrected chi connectivity index (χ0v) is 18.8. The molecule has 6 N–H and O–H groups in total. The number of rotatable bonds is 10. The number of anilines is 2. The number of hydrogen-bond acceptors (Lipinski definition) is 6. The number of hydrogen-bond donors (Lipinski definition) is 4. The van der Waals surface area contributed by atoms with E-state index in [1.54, 1.807) is 42.6 Å². The third kappa shape index (κ3) is 6.17. The highest BCUT2D eigenvalue weighted by Crippen LogP contribution is 2.24. The van der Waals surface area contributed by atoms with Crippen LogP contribution in [0, 0.1) is 0 Å². The van der Waals surface area contributed by atoms with E-state index >= 15 is 0 Å². The highest BCUT2D eigenvalue weighted by Gasteiger charge is 2.18. The molecule has 1 heterocycles. The zero-order valence-electron chi connectivity index (χ0n) is 18.8. The van der Waals surface area contributed by atoms with Gasteiger partial charge in [0.25, 0.3) is 11.8 Å². The molecule has 1 aromatic heterocycles. The predicted molar refractivity (Wildman–Crippen MR) is 130 cm³/mol. The molecule has 0 aliphatic rings. The second-order valence-corrected chi connectivity index (χ2v) is 7.52. The number of nitrogens with two attached hydrogens (primary N) is 2. The summed E-state index contributed by atoms with van der Waals surface area (Å²) in [7, 11) is 1.49. The Kier molecular flexibility index (Phi) is 8.31. The zero-order chi connectivity index (χ0) is 24.5. The van der Waals surface area contributed by atoms with E-state index in [0.29, 0.717) is 46.9 Å². The minimum Gasteiger partial charge on any atom is -0.497 e. The number of nitrogens with one attached hydrogen (secondary N) is 2. The summed E-state index contributed by atoms with van der Waals surface area (Å²) in [5.41, 5.74) is 12.9. The molecule has 34 heavy (non-hydrogen) atoms. The lowest BCUT2D eigenvalue weighted by atomic mass is 9.98. The van der Waals surface area contributed by atoms with E-state index in [1.807, 2.05) is 0 Å². The Morgan fingerprint density at radius 1 is 0.941 bits per heavy atom. The predicted octanol–water partition coefficient (Wildman–Crippen LogP) is 2.98. The Bertz CT molecular complexity index is 1180. The smallest absolute Gasteiger partial charge is 0.259 e. The van der Waals surface area contributed by atoms with Gasteiger partial charge in [-0.05, 0) is 79.9 Å². The van der Waals surface area contributed by atoms with E-state index in [4.69, 9.17) is 16.2 Å². The fourth-order valence-electron chi connectivity index (χ4n) is 3.40. The largest absolute Gasteiger partial charge is 0.497 e. The number of carbonyl (C=O) groups excluding carboxylic acids is 3. The molecule has 2 aromatic carbocycles. The van der Waals surface area contributed by atoms with E-state index in [-0.39, 0.29) is 5.56 Å². The fourth-order valence-corrected chi connectivity index (χ4v) is 3.40. The molecule has 9 heteroatoms. The molecule has 9 nitrogen and oxygen atoms in total. The van der Waals surface area contributed by atoms with Crippen molar-refractivity contribution in [3.05, 3.63) is 83.0 Å². The van der Waals surface area contributed by atoms with Gasteiger partial charge in [0.15, 0.2) is 0 Å². The lowest BCUT2D eigenvalue weighted by molar-refractivity contribution is 0.0992. The quantitative estimate of drug-likeness (QED) is 0.341. The van der Waals surface area contributed by atoms with Crippen molar-refractivity contribution in [3.8, 4) is 5.75 Å². The van der Waals surface area contributed by atoms with Gasteiger partial charge in [-0.15, -0.1) is 0 Å². The Balaban J connectivity index is 1.87.